The Hall–Kier alpha value is -2.04. The third-order valence-corrected chi connectivity index (χ3v) is 8.68. The minimum Gasteiger partial charge on any atom is -0.338 e. The molecule has 0 aliphatic carbocycles. The highest BCUT2D eigenvalue weighted by Gasteiger charge is 2.31. The topological polar surface area (TPSA) is 86.7 Å². The smallest absolute Gasteiger partial charge is 0.256 e. The predicted octanol–water partition coefficient (Wildman–Crippen LogP) is 1.37. The van der Waals surface area contributed by atoms with Gasteiger partial charge in [0.2, 0.25) is 5.95 Å². The number of unbranched alkanes of at least 4 members (excludes halogenated alkanes) is 1. The van der Waals surface area contributed by atoms with E-state index < -0.39 is 9.84 Å². The first-order valence-corrected chi connectivity index (χ1v) is 12.4. The summed E-state index contributed by atoms with van der Waals surface area (Å²) in [6.45, 7) is 5.61. The molecule has 1 saturated heterocycles. The zero-order chi connectivity index (χ0) is 20.3. The molecule has 2 aliphatic heterocycles. The first-order chi connectivity index (χ1) is 14.0. The minimum atomic E-state index is -3.34. The largest absolute Gasteiger partial charge is 0.338 e. The van der Waals surface area contributed by atoms with Crippen LogP contribution in [0.4, 0.5) is 5.95 Å². The van der Waals surface area contributed by atoms with Gasteiger partial charge in [-0.2, -0.15) is 0 Å². The van der Waals surface area contributed by atoms with Gasteiger partial charge in [-0.1, -0.05) is 0 Å². The van der Waals surface area contributed by atoms with Gasteiger partial charge in [0.25, 0.3) is 5.91 Å². The molecule has 0 aromatic carbocycles. The fourth-order valence-electron chi connectivity index (χ4n) is 3.77. The van der Waals surface area contributed by atoms with Crippen LogP contribution in [0.1, 0.15) is 23.2 Å². The van der Waals surface area contributed by atoms with E-state index >= 15 is 0 Å². The van der Waals surface area contributed by atoms with E-state index in [1.807, 2.05) is 6.07 Å². The number of anilines is 1. The highest BCUT2D eigenvalue weighted by atomic mass is 32.2. The molecule has 0 unspecified atom stereocenters. The van der Waals surface area contributed by atoms with Gasteiger partial charge in [0, 0.05) is 51.7 Å². The van der Waals surface area contributed by atoms with Gasteiger partial charge < -0.3 is 9.80 Å². The van der Waals surface area contributed by atoms with E-state index in [0.717, 1.165) is 62.9 Å². The molecule has 0 atom stereocenters. The van der Waals surface area contributed by atoms with Crippen molar-refractivity contribution in [2.75, 3.05) is 56.5 Å². The number of hydrogen-bond donors (Lipinski definition) is 0. The number of carbonyl (C=O) groups excluding carboxylic acids is 1. The summed E-state index contributed by atoms with van der Waals surface area (Å²) in [5, 5.41) is 1.68. The second-order valence-electron chi connectivity index (χ2n) is 7.32. The van der Waals surface area contributed by atoms with Crippen LogP contribution in [-0.2, 0) is 9.84 Å². The molecule has 1 fully saturated rings. The van der Waals surface area contributed by atoms with Crippen molar-refractivity contribution in [1.29, 1.82) is 0 Å². The van der Waals surface area contributed by atoms with Gasteiger partial charge in [0.15, 0.2) is 9.84 Å². The van der Waals surface area contributed by atoms with Crippen molar-refractivity contribution in [2.24, 2.45) is 0 Å². The normalized spacial score (nSPS) is 19.8. The van der Waals surface area contributed by atoms with E-state index in [0.29, 0.717) is 12.1 Å². The van der Waals surface area contributed by atoms with Crippen LogP contribution in [0.2, 0.25) is 0 Å². The Morgan fingerprint density at radius 1 is 1.00 bits per heavy atom. The number of carbonyl (C=O) groups is 1. The summed E-state index contributed by atoms with van der Waals surface area (Å²) < 4.78 is 24.9. The van der Waals surface area contributed by atoms with Crippen LogP contribution in [0.3, 0.4) is 0 Å². The molecule has 2 aromatic heterocycles. The molecule has 2 aliphatic rings. The van der Waals surface area contributed by atoms with Crippen LogP contribution < -0.4 is 4.90 Å². The molecule has 8 nitrogen and oxygen atoms in total. The molecule has 0 saturated carbocycles. The Bertz CT molecular complexity index is 940. The minimum absolute atomic E-state index is 0.00969. The zero-order valence-electron chi connectivity index (χ0n) is 16.2. The molecular weight excluding hydrogens is 410 g/mol. The summed E-state index contributed by atoms with van der Waals surface area (Å²) >= 11 is 1.14. The third kappa shape index (κ3) is 4.59. The Kier molecular flexibility index (Phi) is 6.12. The second kappa shape index (κ2) is 8.76. The maximum Gasteiger partial charge on any atom is 0.256 e. The summed E-state index contributed by atoms with van der Waals surface area (Å²) in [5.41, 5.74) is 0.340. The number of sulfone groups is 1. The lowest BCUT2D eigenvalue weighted by Crippen LogP contribution is -2.47. The zero-order valence-corrected chi connectivity index (χ0v) is 17.9. The number of amides is 1. The molecule has 2 aromatic rings. The van der Waals surface area contributed by atoms with Crippen molar-refractivity contribution in [3.05, 3.63) is 35.5 Å². The number of aromatic nitrogens is 2. The average molecular weight is 436 g/mol. The molecule has 29 heavy (non-hydrogen) atoms. The number of thiophene rings is 1. The van der Waals surface area contributed by atoms with E-state index in [1.54, 1.807) is 28.7 Å². The standard InChI is InChI=1S/C19H25N5O3S2/c25-17-16-4-14-28-18(16)29(26,27)15-13-23(17)8-2-1-7-22-9-11-24(12-10-22)19-20-5-3-6-21-19/h3-6,14H,1-2,7-13,15H2. The van der Waals surface area contributed by atoms with Crippen LogP contribution in [-0.4, -0.2) is 85.7 Å². The Labute approximate surface area is 175 Å². The van der Waals surface area contributed by atoms with Crippen molar-refractivity contribution >= 4 is 33.0 Å². The first-order valence-electron chi connectivity index (χ1n) is 9.88. The van der Waals surface area contributed by atoms with Crippen molar-refractivity contribution in [1.82, 2.24) is 19.8 Å². The molecular formula is C19H25N5O3S2. The fourth-order valence-corrected chi connectivity index (χ4v) is 6.52. The van der Waals surface area contributed by atoms with Crippen LogP contribution in [0.5, 0.6) is 0 Å². The second-order valence-corrected chi connectivity index (χ2v) is 10.5. The number of rotatable bonds is 6. The number of nitrogens with zero attached hydrogens (tertiary/aromatic N) is 5. The number of fused-ring (bicyclic) bond motifs is 1. The highest BCUT2D eigenvalue weighted by molar-refractivity contribution is 7.93. The number of hydrogen-bond acceptors (Lipinski definition) is 8. The summed E-state index contributed by atoms with van der Waals surface area (Å²) in [6.07, 6.45) is 5.38. The molecule has 4 rings (SSSR count). The molecule has 0 bridgehead atoms. The highest BCUT2D eigenvalue weighted by Crippen LogP contribution is 2.28. The maximum atomic E-state index is 12.7. The molecule has 4 heterocycles. The third-order valence-electron chi connectivity index (χ3n) is 5.42. The van der Waals surface area contributed by atoms with E-state index in [2.05, 4.69) is 19.8 Å². The fraction of sp³-hybridized carbons (Fsp3) is 0.526. The van der Waals surface area contributed by atoms with Gasteiger partial charge >= 0.3 is 0 Å². The summed E-state index contributed by atoms with van der Waals surface area (Å²) in [7, 11) is -3.34. The molecule has 1 amide bonds. The lowest BCUT2D eigenvalue weighted by Gasteiger charge is -2.34. The Morgan fingerprint density at radius 2 is 1.72 bits per heavy atom. The SMILES string of the molecule is O=C1c2ccsc2S(=O)(=O)CCN1CCCCN1CCN(c2ncccn2)CC1. The average Bonchev–Trinajstić information content (AvgIpc) is 3.22. The van der Waals surface area contributed by atoms with Gasteiger partial charge in [0.1, 0.15) is 4.21 Å². The van der Waals surface area contributed by atoms with E-state index in [1.165, 1.54) is 0 Å². The summed E-state index contributed by atoms with van der Waals surface area (Å²) in [4.78, 5) is 27.6. The monoisotopic (exact) mass is 435 g/mol. The number of piperazine rings is 1. The quantitative estimate of drug-likeness (QED) is 0.634. The van der Waals surface area contributed by atoms with Gasteiger partial charge in [-0.3, -0.25) is 9.69 Å². The van der Waals surface area contributed by atoms with E-state index in [-0.39, 0.29) is 22.4 Å². The van der Waals surface area contributed by atoms with Gasteiger partial charge in [-0.15, -0.1) is 11.3 Å². The molecule has 0 spiro atoms. The van der Waals surface area contributed by atoms with Gasteiger partial charge in [0.05, 0.1) is 11.3 Å². The van der Waals surface area contributed by atoms with Crippen LogP contribution >= 0.6 is 11.3 Å². The van der Waals surface area contributed by atoms with Gasteiger partial charge in [-0.05, 0) is 36.9 Å². The van der Waals surface area contributed by atoms with Crippen molar-refractivity contribution < 1.29 is 13.2 Å². The van der Waals surface area contributed by atoms with Gasteiger partial charge in [-0.25, -0.2) is 18.4 Å². The summed E-state index contributed by atoms with van der Waals surface area (Å²) in [5.74, 6) is 0.642. The van der Waals surface area contributed by atoms with Crippen molar-refractivity contribution in [3.63, 3.8) is 0 Å². The van der Waals surface area contributed by atoms with Crippen LogP contribution in [0, 0.1) is 0 Å². The lowest BCUT2D eigenvalue weighted by atomic mass is 10.2. The first kappa shape index (κ1) is 20.2. The predicted molar refractivity (Wildman–Crippen MR) is 112 cm³/mol. The molecule has 0 N–H and O–H groups in total. The lowest BCUT2D eigenvalue weighted by molar-refractivity contribution is 0.0761. The summed E-state index contributed by atoms with van der Waals surface area (Å²) in [6, 6.07) is 3.46. The van der Waals surface area contributed by atoms with Crippen molar-refractivity contribution in [2.45, 2.75) is 17.1 Å². The Morgan fingerprint density at radius 3 is 2.48 bits per heavy atom. The Balaban J connectivity index is 1.22. The maximum absolute atomic E-state index is 12.7. The molecule has 10 heteroatoms. The van der Waals surface area contributed by atoms with Crippen LogP contribution in [0.15, 0.2) is 34.1 Å². The van der Waals surface area contributed by atoms with Crippen LogP contribution in [0.25, 0.3) is 0 Å². The van der Waals surface area contributed by atoms with Crippen molar-refractivity contribution in [3.8, 4) is 0 Å². The van der Waals surface area contributed by atoms with E-state index in [9.17, 15) is 13.2 Å². The molecule has 0 radical (unpaired) electrons. The van der Waals surface area contributed by atoms with E-state index in [4.69, 9.17) is 0 Å². The molecule has 156 valence electrons.